The number of fused-ring (bicyclic) bond motifs is 1. The van der Waals surface area contributed by atoms with Crippen molar-refractivity contribution in [1.82, 2.24) is 15.4 Å². The SMILES string of the molecule is CCO[C@@H](O)C1=C(NN(I)c2ccccc2)O/C(=C\c2c[nH]c3ncccc23)C1=O. The molecule has 0 saturated heterocycles. The van der Waals surface area contributed by atoms with Crippen LogP contribution < -0.4 is 8.65 Å². The molecule has 0 unspecified atom stereocenters. The average molecular weight is 518 g/mol. The number of ether oxygens (including phenoxy) is 2. The summed E-state index contributed by atoms with van der Waals surface area (Å²) in [6.07, 6.45) is 3.64. The van der Waals surface area contributed by atoms with E-state index in [0.717, 1.165) is 16.6 Å². The number of pyridine rings is 1. The summed E-state index contributed by atoms with van der Waals surface area (Å²) in [5.74, 6) is -0.258. The van der Waals surface area contributed by atoms with Crippen LogP contribution in [0.15, 0.2) is 72.1 Å². The fourth-order valence-electron chi connectivity index (χ4n) is 3.04. The Morgan fingerprint density at radius 1 is 1.33 bits per heavy atom. The van der Waals surface area contributed by atoms with E-state index in [1.165, 1.54) is 0 Å². The predicted molar refractivity (Wildman–Crippen MR) is 121 cm³/mol. The lowest BCUT2D eigenvalue weighted by molar-refractivity contribution is -0.119. The second kappa shape index (κ2) is 8.86. The topological polar surface area (TPSA) is 99.7 Å². The second-order valence-corrected chi connectivity index (χ2v) is 7.33. The lowest BCUT2D eigenvalue weighted by Crippen LogP contribution is -2.31. The van der Waals surface area contributed by atoms with Gasteiger partial charge in [0.2, 0.25) is 11.7 Å². The number of aliphatic hydroxyl groups excluding tert-OH is 1. The maximum Gasteiger partial charge on any atom is 0.234 e. The molecule has 9 heteroatoms. The monoisotopic (exact) mass is 518 g/mol. The van der Waals surface area contributed by atoms with Gasteiger partial charge in [-0.05, 0) is 37.3 Å². The molecule has 0 spiro atoms. The van der Waals surface area contributed by atoms with E-state index in [2.05, 4.69) is 15.4 Å². The smallest absolute Gasteiger partial charge is 0.234 e. The number of aromatic nitrogens is 2. The van der Waals surface area contributed by atoms with Gasteiger partial charge in [0.05, 0.1) is 28.6 Å². The van der Waals surface area contributed by atoms with E-state index in [4.69, 9.17) is 9.47 Å². The first kappa shape index (κ1) is 20.4. The van der Waals surface area contributed by atoms with E-state index in [-0.39, 0.29) is 23.8 Å². The molecular formula is C21H19IN4O4. The third kappa shape index (κ3) is 4.04. The Hall–Kier alpha value is -2.89. The van der Waals surface area contributed by atoms with Gasteiger partial charge in [0.25, 0.3) is 0 Å². The highest BCUT2D eigenvalue weighted by Gasteiger charge is 2.36. The number of carbonyl (C=O) groups excluding carboxylic acids is 1. The van der Waals surface area contributed by atoms with Gasteiger partial charge >= 0.3 is 0 Å². The zero-order chi connectivity index (χ0) is 21.1. The number of allylic oxidation sites excluding steroid dienone is 1. The lowest BCUT2D eigenvalue weighted by atomic mass is 10.1. The summed E-state index contributed by atoms with van der Waals surface area (Å²) in [6, 6.07) is 13.2. The number of aromatic amines is 1. The zero-order valence-corrected chi connectivity index (χ0v) is 18.2. The van der Waals surface area contributed by atoms with E-state index in [0.29, 0.717) is 5.65 Å². The summed E-state index contributed by atoms with van der Waals surface area (Å²) < 4.78 is 12.8. The molecule has 0 radical (unpaired) electrons. The number of H-pyrrole nitrogens is 1. The number of aliphatic hydroxyl groups is 1. The number of ketones is 1. The van der Waals surface area contributed by atoms with Crippen LogP contribution in [-0.4, -0.2) is 33.8 Å². The number of anilines is 1. The summed E-state index contributed by atoms with van der Waals surface area (Å²) >= 11 is 2.04. The maximum atomic E-state index is 13.0. The van der Waals surface area contributed by atoms with Crippen LogP contribution >= 0.6 is 22.9 Å². The quantitative estimate of drug-likeness (QED) is 0.145. The first-order chi connectivity index (χ1) is 14.6. The van der Waals surface area contributed by atoms with E-state index >= 15 is 0 Å². The Labute approximate surface area is 186 Å². The average Bonchev–Trinajstić information content (AvgIpc) is 3.30. The van der Waals surface area contributed by atoms with Crippen molar-refractivity contribution >= 4 is 51.4 Å². The van der Waals surface area contributed by atoms with Crippen molar-refractivity contribution in [2.45, 2.75) is 13.2 Å². The standard InChI is InChI=1S/C21H19IN4O4/c1-2-29-21(28)17-18(27)16(11-13-12-24-19-15(13)9-6-10-23-19)30-20(17)25-26(22)14-7-4-3-5-8-14/h3-12,21,25,28H,2H2,1H3,(H,23,24)/b16-11-/t21-/m1/s1. The molecule has 0 saturated carbocycles. The molecule has 4 rings (SSSR count). The van der Waals surface area contributed by atoms with Crippen molar-refractivity contribution in [2.24, 2.45) is 0 Å². The molecule has 0 bridgehead atoms. The number of nitrogens with one attached hydrogen (secondary N) is 2. The van der Waals surface area contributed by atoms with Gasteiger partial charge in [-0.15, -0.1) is 0 Å². The highest BCUT2D eigenvalue weighted by atomic mass is 127. The summed E-state index contributed by atoms with van der Waals surface area (Å²) in [5, 5.41) is 11.3. The zero-order valence-electron chi connectivity index (χ0n) is 16.0. The normalized spacial score (nSPS) is 16.2. The van der Waals surface area contributed by atoms with Crippen LogP contribution in [0.4, 0.5) is 5.69 Å². The molecule has 0 aliphatic carbocycles. The summed E-state index contributed by atoms with van der Waals surface area (Å²) in [7, 11) is 0. The lowest BCUT2D eigenvalue weighted by Gasteiger charge is -2.20. The van der Waals surface area contributed by atoms with E-state index in [9.17, 15) is 9.90 Å². The van der Waals surface area contributed by atoms with E-state index < -0.39 is 12.1 Å². The first-order valence-electron chi connectivity index (χ1n) is 9.26. The minimum atomic E-state index is -1.42. The predicted octanol–water partition coefficient (Wildman–Crippen LogP) is 3.43. The largest absolute Gasteiger partial charge is 0.435 e. The van der Waals surface area contributed by atoms with Crippen molar-refractivity contribution in [1.29, 1.82) is 0 Å². The molecule has 154 valence electrons. The Morgan fingerprint density at radius 2 is 2.13 bits per heavy atom. The number of rotatable bonds is 7. The fourth-order valence-corrected chi connectivity index (χ4v) is 3.58. The van der Waals surface area contributed by atoms with Gasteiger partial charge in [-0.3, -0.25) is 10.2 Å². The van der Waals surface area contributed by atoms with Crippen molar-refractivity contribution in [3.63, 3.8) is 0 Å². The van der Waals surface area contributed by atoms with Gasteiger partial charge in [-0.2, -0.15) is 0 Å². The highest BCUT2D eigenvalue weighted by Crippen LogP contribution is 2.30. The molecule has 1 atom stereocenters. The number of halogens is 1. The van der Waals surface area contributed by atoms with Crippen LogP contribution in [0.1, 0.15) is 12.5 Å². The number of Topliss-reactive ketones (excluding diaryl/α,β-unsaturated/α-hetero) is 1. The number of benzene rings is 1. The molecule has 3 aromatic rings. The van der Waals surface area contributed by atoms with Gasteiger partial charge in [0.15, 0.2) is 12.0 Å². The van der Waals surface area contributed by atoms with Crippen LogP contribution in [-0.2, 0) is 14.3 Å². The molecule has 2 aromatic heterocycles. The van der Waals surface area contributed by atoms with Gasteiger partial charge < -0.3 is 19.6 Å². The molecule has 1 aliphatic rings. The molecule has 3 N–H and O–H groups in total. The Balaban J connectivity index is 1.66. The van der Waals surface area contributed by atoms with Crippen LogP contribution in [0.25, 0.3) is 17.1 Å². The number of hydrazine groups is 1. The third-order valence-electron chi connectivity index (χ3n) is 4.45. The Kier molecular flexibility index (Phi) is 6.02. The van der Waals surface area contributed by atoms with Crippen LogP contribution in [0.2, 0.25) is 0 Å². The Morgan fingerprint density at radius 3 is 2.90 bits per heavy atom. The molecule has 0 fully saturated rings. The third-order valence-corrected chi connectivity index (χ3v) is 5.25. The number of hydrogen-bond acceptors (Lipinski definition) is 7. The van der Waals surface area contributed by atoms with E-state index in [1.807, 2.05) is 65.3 Å². The van der Waals surface area contributed by atoms with Crippen LogP contribution in [0.5, 0.6) is 0 Å². The number of nitrogens with zero attached hydrogens (tertiary/aromatic N) is 2. The fraction of sp³-hybridized carbons (Fsp3) is 0.143. The maximum absolute atomic E-state index is 13.0. The number of hydrogen-bond donors (Lipinski definition) is 3. The van der Waals surface area contributed by atoms with Gasteiger partial charge in [0.1, 0.15) is 11.2 Å². The van der Waals surface area contributed by atoms with Gasteiger partial charge in [0, 0.05) is 30.0 Å². The minimum absolute atomic E-state index is 0.0127. The number of para-hydroxylation sites is 1. The molecule has 1 aliphatic heterocycles. The summed E-state index contributed by atoms with van der Waals surface area (Å²) in [6.45, 7) is 1.98. The molecule has 1 aromatic carbocycles. The summed E-state index contributed by atoms with van der Waals surface area (Å²) in [4.78, 5) is 20.3. The van der Waals surface area contributed by atoms with Gasteiger partial charge in [-0.25, -0.2) is 8.21 Å². The molecule has 8 nitrogen and oxygen atoms in total. The van der Waals surface area contributed by atoms with Crippen molar-refractivity contribution in [2.75, 3.05) is 9.83 Å². The highest BCUT2D eigenvalue weighted by molar-refractivity contribution is 14.1. The molecular weight excluding hydrogens is 499 g/mol. The molecule has 30 heavy (non-hydrogen) atoms. The Bertz CT molecular complexity index is 1130. The first-order valence-corrected chi connectivity index (χ1v) is 10.2. The van der Waals surface area contributed by atoms with Crippen LogP contribution in [0.3, 0.4) is 0 Å². The minimum Gasteiger partial charge on any atom is -0.435 e. The molecule has 3 heterocycles. The van der Waals surface area contributed by atoms with E-state index in [1.54, 1.807) is 28.6 Å². The van der Waals surface area contributed by atoms with Crippen molar-refractivity contribution < 1.29 is 19.4 Å². The van der Waals surface area contributed by atoms with Crippen LogP contribution in [0, 0.1) is 0 Å². The summed E-state index contributed by atoms with van der Waals surface area (Å²) in [5.41, 5.74) is 5.33. The second-order valence-electron chi connectivity index (χ2n) is 6.36. The number of carbonyl (C=O) groups is 1. The van der Waals surface area contributed by atoms with Crippen molar-refractivity contribution in [3.05, 3.63) is 77.6 Å². The van der Waals surface area contributed by atoms with Crippen molar-refractivity contribution in [3.8, 4) is 0 Å². The van der Waals surface area contributed by atoms with Gasteiger partial charge in [-0.1, -0.05) is 18.2 Å². The molecule has 0 amide bonds.